The zero-order valence-corrected chi connectivity index (χ0v) is 10.7. The van der Waals surface area contributed by atoms with Crippen LogP contribution in [0.3, 0.4) is 0 Å². The van der Waals surface area contributed by atoms with Crippen LogP contribution in [0.2, 0.25) is 0 Å². The van der Waals surface area contributed by atoms with Gasteiger partial charge >= 0.3 is 0 Å². The molecule has 1 saturated carbocycles. The molecule has 3 nitrogen and oxygen atoms in total. The average Bonchev–Trinajstić information content (AvgIpc) is 2.88. The highest BCUT2D eigenvalue weighted by Crippen LogP contribution is 2.48. The van der Waals surface area contributed by atoms with E-state index in [1.54, 1.807) is 0 Å². The number of aromatic nitrogens is 2. The maximum absolute atomic E-state index is 4.43. The minimum Gasteiger partial charge on any atom is -0.338 e. The Bertz CT molecular complexity index is 339. The van der Waals surface area contributed by atoms with Crippen LogP contribution in [0, 0.1) is 5.41 Å². The third-order valence-electron chi connectivity index (χ3n) is 3.83. The Labute approximate surface area is 98.3 Å². The van der Waals surface area contributed by atoms with Crippen molar-refractivity contribution in [2.45, 2.75) is 45.6 Å². The second-order valence-corrected chi connectivity index (χ2v) is 5.32. The molecule has 0 amide bonds. The van der Waals surface area contributed by atoms with Gasteiger partial charge in [-0.3, -0.25) is 0 Å². The first-order valence-electron chi connectivity index (χ1n) is 6.35. The molecule has 1 aromatic rings. The van der Waals surface area contributed by atoms with Gasteiger partial charge in [-0.15, -0.1) is 0 Å². The first-order chi connectivity index (χ1) is 7.65. The van der Waals surface area contributed by atoms with Crippen LogP contribution in [0.4, 0.5) is 0 Å². The van der Waals surface area contributed by atoms with Crippen molar-refractivity contribution in [3.8, 4) is 0 Å². The molecule has 1 N–H and O–H groups in total. The fourth-order valence-electron chi connectivity index (χ4n) is 2.20. The van der Waals surface area contributed by atoms with Gasteiger partial charge in [0.2, 0.25) is 0 Å². The molecule has 2 rings (SSSR count). The van der Waals surface area contributed by atoms with Gasteiger partial charge in [-0.2, -0.15) is 0 Å². The van der Waals surface area contributed by atoms with Crippen molar-refractivity contribution in [1.29, 1.82) is 0 Å². The highest BCUT2D eigenvalue weighted by molar-refractivity contribution is 5.04. The fraction of sp³-hybridized carbons (Fsp3) is 0.769. The zero-order chi connectivity index (χ0) is 11.6. The number of nitrogens with zero attached hydrogens (tertiary/aromatic N) is 2. The largest absolute Gasteiger partial charge is 0.338 e. The molecular weight excluding hydrogens is 198 g/mol. The van der Waals surface area contributed by atoms with E-state index < -0.39 is 0 Å². The Kier molecular flexibility index (Phi) is 3.33. The van der Waals surface area contributed by atoms with Crippen molar-refractivity contribution in [3.05, 3.63) is 18.2 Å². The van der Waals surface area contributed by atoms with Gasteiger partial charge in [0, 0.05) is 31.9 Å². The predicted octanol–water partition coefficient (Wildman–Crippen LogP) is 2.13. The number of rotatable bonds is 6. The predicted molar refractivity (Wildman–Crippen MR) is 66.3 cm³/mol. The van der Waals surface area contributed by atoms with Gasteiger partial charge in [0.25, 0.3) is 0 Å². The van der Waals surface area contributed by atoms with Crippen LogP contribution in [-0.4, -0.2) is 22.1 Å². The Balaban J connectivity index is 2.00. The minimum atomic E-state index is 0.515. The first-order valence-corrected chi connectivity index (χ1v) is 6.35. The standard InChI is InChI=1S/C13H23N3/c1-4-7-14-11(13(2)5-6-13)10-12-15-8-9-16(12)3/h8-9,11,14H,4-7,10H2,1-3H3. The molecule has 1 fully saturated rings. The first kappa shape index (κ1) is 11.6. The molecule has 90 valence electrons. The lowest BCUT2D eigenvalue weighted by Crippen LogP contribution is -2.39. The lowest BCUT2D eigenvalue weighted by atomic mass is 9.95. The Morgan fingerprint density at radius 3 is 2.81 bits per heavy atom. The van der Waals surface area contributed by atoms with Crippen molar-refractivity contribution in [2.75, 3.05) is 6.54 Å². The van der Waals surface area contributed by atoms with E-state index in [0.717, 1.165) is 13.0 Å². The number of hydrogen-bond acceptors (Lipinski definition) is 2. The zero-order valence-electron chi connectivity index (χ0n) is 10.7. The molecule has 0 spiro atoms. The molecule has 1 aliphatic carbocycles. The van der Waals surface area contributed by atoms with Gasteiger partial charge in [0.15, 0.2) is 0 Å². The van der Waals surface area contributed by atoms with Crippen molar-refractivity contribution < 1.29 is 0 Å². The third kappa shape index (κ3) is 2.46. The molecule has 16 heavy (non-hydrogen) atoms. The fourth-order valence-corrected chi connectivity index (χ4v) is 2.20. The second-order valence-electron chi connectivity index (χ2n) is 5.32. The lowest BCUT2D eigenvalue weighted by Gasteiger charge is -2.24. The summed E-state index contributed by atoms with van der Waals surface area (Å²) in [6.07, 6.45) is 8.90. The van der Waals surface area contributed by atoms with Crippen molar-refractivity contribution in [3.63, 3.8) is 0 Å². The summed E-state index contributed by atoms with van der Waals surface area (Å²) >= 11 is 0. The summed E-state index contributed by atoms with van der Waals surface area (Å²) in [5, 5.41) is 3.68. The van der Waals surface area contributed by atoms with Crippen LogP contribution in [0.5, 0.6) is 0 Å². The van der Waals surface area contributed by atoms with E-state index in [4.69, 9.17) is 0 Å². The summed E-state index contributed by atoms with van der Waals surface area (Å²) in [5.74, 6) is 1.20. The molecule has 1 atom stereocenters. The SMILES string of the molecule is CCCNC(Cc1nccn1C)C1(C)CC1. The number of imidazole rings is 1. The minimum absolute atomic E-state index is 0.515. The number of nitrogens with one attached hydrogen (secondary N) is 1. The van der Waals surface area contributed by atoms with E-state index in [1.165, 1.54) is 25.1 Å². The Morgan fingerprint density at radius 2 is 2.31 bits per heavy atom. The highest BCUT2D eigenvalue weighted by atomic mass is 15.0. The van der Waals surface area contributed by atoms with Gasteiger partial charge in [0.05, 0.1) is 0 Å². The lowest BCUT2D eigenvalue weighted by molar-refractivity contribution is 0.347. The second kappa shape index (κ2) is 4.58. The van der Waals surface area contributed by atoms with Gasteiger partial charge in [-0.1, -0.05) is 13.8 Å². The van der Waals surface area contributed by atoms with Crippen molar-refractivity contribution in [2.24, 2.45) is 12.5 Å². The average molecular weight is 221 g/mol. The quantitative estimate of drug-likeness (QED) is 0.797. The number of hydrogen-bond donors (Lipinski definition) is 1. The smallest absolute Gasteiger partial charge is 0.109 e. The molecule has 1 aliphatic rings. The molecule has 1 aromatic heterocycles. The summed E-state index contributed by atoms with van der Waals surface area (Å²) < 4.78 is 2.13. The molecule has 0 bridgehead atoms. The highest BCUT2D eigenvalue weighted by Gasteiger charge is 2.44. The maximum atomic E-state index is 4.43. The summed E-state index contributed by atoms with van der Waals surface area (Å²) in [7, 11) is 2.08. The summed E-state index contributed by atoms with van der Waals surface area (Å²) in [6, 6.07) is 0.591. The van der Waals surface area contributed by atoms with Crippen LogP contribution >= 0.6 is 0 Å². The van der Waals surface area contributed by atoms with Crippen LogP contribution in [0.25, 0.3) is 0 Å². The van der Waals surface area contributed by atoms with E-state index in [-0.39, 0.29) is 0 Å². The summed E-state index contributed by atoms with van der Waals surface area (Å²) in [4.78, 5) is 4.43. The van der Waals surface area contributed by atoms with Crippen LogP contribution in [0.15, 0.2) is 12.4 Å². The van der Waals surface area contributed by atoms with Gasteiger partial charge < -0.3 is 9.88 Å². The molecule has 0 saturated heterocycles. The van der Waals surface area contributed by atoms with Crippen LogP contribution in [0.1, 0.15) is 38.9 Å². The maximum Gasteiger partial charge on any atom is 0.109 e. The van der Waals surface area contributed by atoms with Gasteiger partial charge in [-0.05, 0) is 31.2 Å². The topological polar surface area (TPSA) is 29.9 Å². The van der Waals surface area contributed by atoms with Crippen molar-refractivity contribution >= 4 is 0 Å². The Hall–Kier alpha value is -0.830. The van der Waals surface area contributed by atoms with E-state index in [9.17, 15) is 0 Å². The van der Waals surface area contributed by atoms with E-state index in [2.05, 4.69) is 35.8 Å². The molecule has 0 aliphatic heterocycles. The monoisotopic (exact) mass is 221 g/mol. The molecule has 0 radical (unpaired) electrons. The molecule has 3 heteroatoms. The summed E-state index contributed by atoms with van der Waals surface area (Å²) in [6.45, 7) is 5.73. The van der Waals surface area contributed by atoms with Gasteiger partial charge in [-0.25, -0.2) is 4.98 Å². The third-order valence-corrected chi connectivity index (χ3v) is 3.83. The van der Waals surface area contributed by atoms with Crippen LogP contribution < -0.4 is 5.32 Å². The van der Waals surface area contributed by atoms with Crippen LogP contribution in [-0.2, 0) is 13.5 Å². The van der Waals surface area contributed by atoms with Gasteiger partial charge in [0.1, 0.15) is 5.82 Å². The van der Waals surface area contributed by atoms with E-state index in [1.807, 2.05) is 12.4 Å². The number of aryl methyl sites for hydroxylation is 1. The normalized spacial score (nSPS) is 19.7. The van der Waals surface area contributed by atoms with E-state index >= 15 is 0 Å². The Morgan fingerprint density at radius 1 is 1.56 bits per heavy atom. The molecule has 1 unspecified atom stereocenters. The molecule has 1 heterocycles. The summed E-state index contributed by atoms with van der Waals surface area (Å²) in [5.41, 5.74) is 0.515. The van der Waals surface area contributed by atoms with E-state index in [0.29, 0.717) is 11.5 Å². The van der Waals surface area contributed by atoms with Crippen molar-refractivity contribution in [1.82, 2.24) is 14.9 Å². The molecule has 0 aromatic carbocycles. The molecular formula is C13H23N3.